The molecule has 1 N–H and O–H groups in total. The Kier molecular flexibility index (Phi) is 5.07. The zero-order valence-electron chi connectivity index (χ0n) is 15.6. The lowest BCUT2D eigenvalue weighted by Crippen LogP contribution is -2.27. The van der Waals surface area contributed by atoms with Crippen LogP contribution in [-0.2, 0) is 4.74 Å². The molecule has 3 aromatic rings. The van der Waals surface area contributed by atoms with Gasteiger partial charge in [0.25, 0.3) is 0 Å². The van der Waals surface area contributed by atoms with Gasteiger partial charge in [-0.05, 0) is 45.0 Å². The Labute approximate surface area is 157 Å². The highest BCUT2D eigenvalue weighted by atomic mass is 16.6. The van der Waals surface area contributed by atoms with Crippen molar-refractivity contribution in [1.29, 1.82) is 0 Å². The molecule has 3 rings (SSSR count). The number of hydrogen-bond acceptors (Lipinski definition) is 6. The summed E-state index contributed by atoms with van der Waals surface area (Å²) in [6.45, 7) is 5.41. The SMILES string of the molecule is COc1ccc(-n2nccc2-c2ccc(NC(=O)OC(C)(C)C)nc2)cn1. The molecule has 3 heterocycles. The molecule has 1 amide bonds. The fourth-order valence-electron chi connectivity index (χ4n) is 2.37. The van der Waals surface area contributed by atoms with Crippen LogP contribution in [0.2, 0.25) is 0 Å². The molecule has 0 aromatic carbocycles. The van der Waals surface area contributed by atoms with E-state index in [1.165, 1.54) is 0 Å². The first kappa shape index (κ1) is 18.4. The van der Waals surface area contributed by atoms with Crippen LogP contribution in [0.25, 0.3) is 16.9 Å². The number of amides is 1. The normalized spacial score (nSPS) is 11.1. The maximum absolute atomic E-state index is 11.8. The summed E-state index contributed by atoms with van der Waals surface area (Å²) in [5.41, 5.74) is 1.92. The second kappa shape index (κ2) is 7.45. The summed E-state index contributed by atoms with van der Waals surface area (Å²) < 4.78 is 12.1. The van der Waals surface area contributed by atoms with Crippen LogP contribution in [-0.4, -0.2) is 38.6 Å². The highest BCUT2D eigenvalue weighted by molar-refractivity contribution is 5.83. The number of hydrogen-bond donors (Lipinski definition) is 1. The van der Waals surface area contributed by atoms with Gasteiger partial charge in [-0.15, -0.1) is 0 Å². The molecule has 0 aliphatic carbocycles. The second-order valence-corrected chi connectivity index (χ2v) is 6.75. The molecule has 8 heteroatoms. The molecular weight excluding hydrogens is 346 g/mol. The van der Waals surface area contributed by atoms with Gasteiger partial charge < -0.3 is 9.47 Å². The number of methoxy groups -OCH3 is 1. The number of aromatic nitrogens is 4. The van der Waals surface area contributed by atoms with Crippen LogP contribution >= 0.6 is 0 Å². The van der Waals surface area contributed by atoms with E-state index in [0.717, 1.165) is 16.9 Å². The predicted molar refractivity (Wildman–Crippen MR) is 101 cm³/mol. The van der Waals surface area contributed by atoms with Gasteiger partial charge in [0.15, 0.2) is 0 Å². The molecule has 0 unspecified atom stereocenters. The first-order valence-electron chi connectivity index (χ1n) is 8.36. The van der Waals surface area contributed by atoms with Gasteiger partial charge in [-0.1, -0.05) is 0 Å². The predicted octanol–water partition coefficient (Wildman–Crippen LogP) is 3.68. The molecule has 0 bridgehead atoms. The molecule has 0 atom stereocenters. The first-order valence-corrected chi connectivity index (χ1v) is 8.36. The summed E-state index contributed by atoms with van der Waals surface area (Å²) in [6.07, 6.45) is 4.50. The third-order valence-electron chi connectivity index (χ3n) is 3.51. The van der Waals surface area contributed by atoms with Gasteiger partial charge >= 0.3 is 6.09 Å². The van der Waals surface area contributed by atoms with Crippen molar-refractivity contribution < 1.29 is 14.3 Å². The smallest absolute Gasteiger partial charge is 0.413 e. The Morgan fingerprint density at radius 1 is 1.07 bits per heavy atom. The molecule has 0 aliphatic heterocycles. The van der Waals surface area contributed by atoms with E-state index in [2.05, 4.69) is 20.4 Å². The molecule has 0 aliphatic rings. The first-order chi connectivity index (χ1) is 12.9. The van der Waals surface area contributed by atoms with Crippen LogP contribution in [0.5, 0.6) is 5.88 Å². The number of anilines is 1. The molecule has 0 saturated carbocycles. The largest absolute Gasteiger partial charge is 0.481 e. The monoisotopic (exact) mass is 367 g/mol. The van der Waals surface area contributed by atoms with Gasteiger partial charge in [-0.3, -0.25) is 5.32 Å². The minimum atomic E-state index is -0.567. The van der Waals surface area contributed by atoms with Gasteiger partial charge in [-0.25, -0.2) is 19.4 Å². The maximum atomic E-state index is 11.8. The summed E-state index contributed by atoms with van der Waals surface area (Å²) >= 11 is 0. The van der Waals surface area contributed by atoms with Crippen molar-refractivity contribution in [1.82, 2.24) is 19.7 Å². The van der Waals surface area contributed by atoms with Crippen LogP contribution in [0.15, 0.2) is 48.9 Å². The van der Waals surface area contributed by atoms with E-state index in [0.29, 0.717) is 11.7 Å². The summed E-state index contributed by atoms with van der Waals surface area (Å²) in [6, 6.07) is 9.08. The molecule has 0 fully saturated rings. The average Bonchev–Trinajstić information content (AvgIpc) is 3.10. The summed E-state index contributed by atoms with van der Waals surface area (Å²) in [4.78, 5) is 20.3. The zero-order chi connectivity index (χ0) is 19.4. The maximum Gasteiger partial charge on any atom is 0.413 e. The van der Waals surface area contributed by atoms with E-state index >= 15 is 0 Å². The number of nitrogens with one attached hydrogen (secondary N) is 1. The van der Waals surface area contributed by atoms with E-state index in [1.54, 1.807) is 63.3 Å². The lowest BCUT2D eigenvalue weighted by Gasteiger charge is -2.19. The van der Waals surface area contributed by atoms with Crippen molar-refractivity contribution in [3.8, 4) is 22.8 Å². The van der Waals surface area contributed by atoms with Gasteiger partial charge in [0.05, 0.1) is 30.9 Å². The number of rotatable bonds is 4. The third-order valence-corrected chi connectivity index (χ3v) is 3.51. The Morgan fingerprint density at radius 3 is 2.48 bits per heavy atom. The minimum Gasteiger partial charge on any atom is -0.481 e. The Morgan fingerprint density at radius 2 is 1.89 bits per heavy atom. The molecule has 140 valence electrons. The van der Waals surface area contributed by atoms with Crippen LogP contribution in [0.1, 0.15) is 20.8 Å². The number of nitrogens with zero attached hydrogens (tertiary/aromatic N) is 4. The lowest BCUT2D eigenvalue weighted by atomic mass is 10.2. The van der Waals surface area contributed by atoms with Crippen molar-refractivity contribution in [2.24, 2.45) is 0 Å². The molecule has 0 radical (unpaired) electrons. The average molecular weight is 367 g/mol. The Hall–Kier alpha value is -3.42. The van der Waals surface area contributed by atoms with Crippen molar-refractivity contribution in [2.75, 3.05) is 12.4 Å². The highest BCUT2D eigenvalue weighted by Gasteiger charge is 2.16. The number of pyridine rings is 2. The van der Waals surface area contributed by atoms with Gasteiger partial charge in [0, 0.05) is 17.8 Å². The zero-order valence-corrected chi connectivity index (χ0v) is 15.6. The van der Waals surface area contributed by atoms with Crippen LogP contribution in [0.3, 0.4) is 0 Å². The van der Waals surface area contributed by atoms with Gasteiger partial charge in [0.1, 0.15) is 11.4 Å². The molecule has 3 aromatic heterocycles. The molecular formula is C19H21N5O3. The van der Waals surface area contributed by atoms with E-state index in [9.17, 15) is 4.79 Å². The minimum absolute atomic E-state index is 0.408. The Bertz CT molecular complexity index is 912. The van der Waals surface area contributed by atoms with Gasteiger partial charge in [-0.2, -0.15) is 5.10 Å². The van der Waals surface area contributed by atoms with Crippen molar-refractivity contribution in [3.63, 3.8) is 0 Å². The molecule has 0 saturated heterocycles. The fourth-order valence-corrected chi connectivity index (χ4v) is 2.37. The van der Waals surface area contributed by atoms with E-state index in [-0.39, 0.29) is 0 Å². The van der Waals surface area contributed by atoms with E-state index in [1.807, 2.05) is 18.2 Å². The Balaban J connectivity index is 1.78. The topological polar surface area (TPSA) is 91.2 Å². The van der Waals surface area contributed by atoms with Crippen LogP contribution in [0.4, 0.5) is 10.6 Å². The third kappa shape index (κ3) is 4.60. The number of carbonyl (C=O) groups excluding carboxylic acids is 1. The van der Waals surface area contributed by atoms with E-state index < -0.39 is 11.7 Å². The van der Waals surface area contributed by atoms with Crippen LogP contribution < -0.4 is 10.1 Å². The summed E-state index contributed by atoms with van der Waals surface area (Å²) in [7, 11) is 1.57. The lowest BCUT2D eigenvalue weighted by molar-refractivity contribution is 0.0635. The summed E-state index contributed by atoms with van der Waals surface area (Å²) in [5, 5.41) is 6.96. The van der Waals surface area contributed by atoms with Crippen molar-refractivity contribution >= 4 is 11.9 Å². The van der Waals surface area contributed by atoms with Crippen molar-refractivity contribution in [3.05, 3.63) is 48.9 Å². The molecule has 27 heavy (non-hydrogen) atoms. The standard InChI is InChI=1S/C19H21N5O3/c1-19(2,3)27-18(25)23-16-7-5-13(11-20-16)15-9-10-22-24(15)14-6-8-17(26-4)21-12-14/h5-12H,1-4H3,(H,20,23,25). The fraction of sp³-hybridized carbons (Fsp3) is 0.263. The number of ether oxygens (including phenoxy) is 2. The number of carbonyl (C=O) groups is 1. The van der Waals surface area contributed by atoms with E-state index in [4.69, 9.17) is 9.47 Å². The molecule has 8 nitrogen and oxygen atoms in total. The quantitative estimate of drug-likeness (QED) is 0.756. The van der Waals surface area contributed by atoms with Crippen LogP contribution in [0, 0.1) is 0 Å². The summed E-state index contributed by atoms with van der Waals surface area (Å²) in [5.74, 6) is 0.942. The van der Waals surface area contributed by atoms with Crippen molar-refractivity contribution in [2.45, 2.75) is 26.4 Å². The molecule has 0 spiro atoms. The second-order valence-electron chi connectivity index (χ2n) is 6.75. The van der Waals surface area contributed by atoms with Gasteiger partial charge in [0.2, 0.25) is 5.88 Å². The highest BCUT2D eigenvalue weighted by Crippen LogP contribution is 2.23.